The van der Waals surface area contributed by atoms with Gasteiger partial charge in [0.05, 0.1) is 0 Å². The quantitative estimate of drug-likeness (QED) is 0.778. The van der Waals surface area contributed by atoms with E-state index in [1.54, 1.807) is 0 Å². The summed E-state index contributed by atoms with van der Waals surface area (Å²) in [4.78, 5) is 14.0. The van der Waals surface area contributed by atoms with Crippen molar-refractivity contribution in [3.8, 4) is 0 Å². The van der Waals surface area contributed by atoms with Crippen molar-refractivity contribution in [2.75, 3.05) is 19.6 Å². The molecule has 0 aliphatic carbocycles. The molecule has 1 aliphatic heterocycles. The van der Waals surface area contributed by atoms with Gasteiger partial charge in [-0.05, 0) is 70.4 Å². The van der Waals surface area contributed by atoms with Crippen molar-refractivity contribution in [2.24, 2.45) is 11.1 Å². The van der Waals surface area contributed by atoms with Gasteiger partial charge in [-0.15, -0.1) is 0 Å². The molecule has 2 N–H and O–H groups in total. The van der Waals surface area contributed by atoms with Gasteiger partial charge in [0.15, 0.2) is 0 Å². The van der Waals surface area contributed by atoms with Crippen LogP contribution in [0.25, 0.3) is 0 Å². The maximum Gasteiger partial charge on any atom is 0.410 e. The first-order valence-electron chi connectivity index (χ1n) is 9.56. The second-order valence-electron chi connectivity index (χ2n) is 8.36. The van der Waals surface area contributed by atoms with Gasteiger partial charge in [-0.2, -0.15) is 0 Å². The molecular formula is C21H34N2O2. The molecular weight excluding hydrogens is 312 g/mol. The molecule has 1 aromatic carbocycles. The number of carbonyl (C=O) groups is 1. The predicted molar refractivity (Wildman–Crippen MR) is 103 cm³/mol. The average Bonchev–Trinajstić information content (AvgIpc) is 2.59. The summed E-state index contributed by atoms with van der Waals surface area (Å²) >= 11 is 0. The number of nitrogens with zero attached hydrogens (tertiary/aromatic N) is 1. The first kappa shape index (κ1) is 19.8. The molecule has 1 fully saturated rings. The maximum atomic E-state index is 12.2. The number of hydrogen-bond acceptors (Lipinski definition) is 3. The van der Waals surface area contributed by atoms with Gasteiger partial charge < -0.3 is 15.4 Å². The highest BCUT2D eigenvalue weighted by Gasteiger charge is 2.35. The van der Waals surface area contributed by atoms with E-state index in [-0.39, 0.29) is 11.5 Å². The van der Waals surface area contributed by atoms with Gasteiger partial charge in [0.2, 0.25) is 0 Å². The number of carbonyl (C=O) groups excluding carboxylic acids is 1. The van der Waals surface area contributed by atoms with Gasteiger partial charge in [0.1, 0.15) is 5.60 Å². The first-order valence-corrected chi connectivity index (χ1v) is 9.56. The van der Waals surface area contributed by atoms with Crippen LogP contribution in [0.3, 0.4) is 0 Å². The molecule has 0 aromatic heterocycles. The smallest absolute Gasteiger partial charge is 0.410 e. The molecule has 25 heavy (non-hydrogen) atoms. The zero-order chi connectivity index (χ0) is 18.3. The fourth-order valence-corrected chi connectivity index (χ4v) is 3.52. The first-order chi connectivity index (χ1) is 11.8. The van der Waals surface area contributed by atoms with Crippen molar-refractivity contribution in [2.45, 2.75) is 64.9 Å². The third-order valence-electron chi connectivity index (χ3n) is 5.17. The topological polar surface area (TPSA) is 55.6 Å². The van der Waals surface area contributed by atoms with E-state index in [4.69, 9.17) is 10.5 Å². The Bertz CT molecular complexity index is 529. The summed E-state index contributed by atoms with van der Waals surface area (Å²) in [6.07, 6.45) is 6.44. The highest BCUT2D eigenvalue weighted by Crippen LogP contribution is 2.36. The molecule has 0 bridgehead atoms. The number of piperidine rings is 1. The van der Waals surface area contributed by atoms with E-state index in [1.807, 2.05) is 25.7 Å². The van der Waals surface area contributed by atoms with Crippen LogP contribution in [0.4, 0.5) is 4.79 Å². The highest BCUT2D eigenvalue weighted by molar-refractivity contribution is 5.68. The second-order valence-corrected chi connectivity index (χ2v) is 8.36. The Morgan fingerprint density at radius 1 is 1.16 bits per heavy atom. The summed E-state index contributed by atoms with van der Waals surface area (Å²) in [5, 5.41) is 0. The molecule has 1 amide bonds. The number of amides is 1. The van der Waals surface area contributed by atoms with E-state index in [0.29, 0.717) is 6.54 Å². The molecule has 1 aromatic rings. The number of rotatable bonds is 6. The van der Waals surface area contributed by atoms with Crippen LogP contribution in [0, 0.1) is 5.41 Å². The Morgan fingerprint density at radius 3 is 2.36 bits per heavy atom. The molecule has 4 nitrogen and oxygen atoms in total. The molecule has 1 saturated heterocycles. The van der Waals surface area contributed by atoms with Crippen molar-refractivity contribution in [1.82, 2.24) is 4.90 Å². The Balaban J connectivity index is 1.75. The molecule has 1 aliphatic rings. The number of benzene rings is 1. The number of unbranched alkanes of at least 4 members (excludes halogenated alkanes) is 1. The predicted octanol–water partition coefficient (Wildman–Crippen LogP) is 4.38. The van der Waals surface area contributed by atoms with Crippen LogP contribution in [-0.4, -0.2) is 36.2 Å². The van der Waals surface area contributed by atoms with Gasteiger partial charge in [-0.3, -0.25) is 0 Å². The van der Waals surface area contributed by atoms with Crippen LogP contribution in [-0.2, 0) is 11.2 Å². The van der Waals surface area contributed by atoms with Gasteiger partial charge >= 0.3 is 6.09 Å². The lowest BCUT2D eigenvalue weighted by Crippen LogP contribution is -2.47. The van der Waals surface area contributed by atoms with E-state index in [9.17, 15) is 4.79 Å². The standard InChI is InChI=1S/C21H34N2O2/c1-20(2,3)25-19(24)23-15-13-21(17-22,14-16-23)12-8-7-11-18-9-5-4-6-10-18/h4-6,9-10H,7-8,11-17,22H2,1-3H3. The van der Waals surface area contributed by atoms with Crippen LogP contribution in [0.15, 0.2) is 30.3 Å². The van der Waals surface area contributed by atoms with Gasteiger partial charge in [-0.1, -0.05) is 36.8 Å². The number of hydrogen-bond donors (Lipinski definition) is 1. The molecule has 2 rings (SSSR count). The van der Waals surface area contributed by atoms with Crippen LogP contribution < -0.4 is 5.73 Å². The fraction of sp³-hybridized carbons (Fsp3) is 0.667. The third-order valence-corrected chi connectivity index (χ3v) is 5.17. The number of nitrogens with two attached hydrogens (primary N) is 1. The molecule has 1 heterocycles. The Morgan fingerprint density at radius 2 is 1.80 bits per heavy atom. The van der Waals surface area contributed by atoms with Gasteiger partial charge in [0.25, 0.3) is 0 Å². The van der Waals surface area contributed by atoms with Crippen LogP contribution in [0.1, 0.15) is 58.4 Å². The normalized spacial score (nSPS) is 17.4. The zero-order valence-corrected chi connectivity index (χ0v) is 16.1. The lowest BCUT2D eigenvalue weighted by Gasteiger charge is -2.41. The van der Waals surface area contributed by atoms with E-state index in [2.05, 4.69) is 30.3 Å². The van der Waals surface area contributed by atoms with Crippen molar-refractivity contribution in [3.05, 3.63) is 35.9 Å². The molecule has 0 atom stereocenters. The SMILES string of the molecule is CC(C)(C)OC(=O)N1CCC(CN)(CCCCc2ccccc2)CC1. The monoisotopic (exact) mass is 346 g/mol. The Hall–Kier alpha value is -1.55. The lowest BCUT2D eigenvalue weighted by atomic mass is 9.74. The Kier molecular flexibility index (Phi) is 6.88. The van der Waals surface area contributed by atoms with E-state index in [1.165, 1.54) is 18.4 Å². The molecule has 140 valence electrons. The maximum absolute atomic E-state index is 12.2. The highest BCUT2D eigenvalue weighted by atomic mass is 16.6. The largest absolute Gasteiger partial charge is 0.444 e. The van der Waals surface area contributed by atoms with Gasteiger partial charge in [0, 0.05) is 13.1 Å². The van der Waals surface area contributed by atoms with Crippen LogP contribution >= 0.6 is 0 Å². The third kappa shape index (κ3) is 6.35. The minimum absolute atomic E-state index is 0.190. The summed E-state index contributed by atoms with van der Waals surface area (Å²) in [6.45, 7) is 7.94. The van der Waals surface area contributed by atoms with Crippen LogP contribution in [0.2, 0.25) is 0 Å². The molecule has 0 saturated carbocycles. The summed E-state index contributed by atoms with van der Waals surface area (Å²) in [7, 11) is 0. The number of aryl methyl sites for hydroxylation is 1. The molecule has 0 unspecified atom stereocenters. The van der Waals surface area contributed by atoms with E-state index < -0.39 is 5.60 Å². The second kappa shape index (κ2) is 8.70. The molecule has 4 heteroatoms. The zero-order valence-electron chi connectivity index (χ0n) is 16.1. The molecule has 0 spiro atoms. The average molecular weight is 347 g/mol. The van der Waals surface area contributed by atoms with Crippen molar-refractivity contribution < 1.29 is 9.53 Å². The summed E-state index contributed by atoms with van der Waals surface area (Å²) in [6, 6.07) is 10.6. The van der Waals surface area contributed by atoms with E-state index in [0.717, 1.165) is 38.8 Å². The Labute approximate surface area is 152 Å². The summed E-state index contributed by atoms with van der Waals surface area (Å²) < 4.78 is 5.48. The van der Waals surface area contributed by atoms with E-state index >= 15 is 0 Å². The molecule has 0 radical (unpaired) electrons. The van der Waals surface area contributed by atoms with Crippen LogP contribution in [0.5, 0.6) is 0 Å². The fourth-order valence-electron chi connectivity index (χ4n) is 3.52. The number of likely N-dealkylation sites (tertiary alicyclic amines) is 1. The van der Waals surface area contributed by atoms with Crippen molar-refractivity contribution >= 4 is 6.09 Å². The lowest BCUT2D eigenvalue weighted by molar-refractivity contribution is 0.00962. The van der Waals surface area contributed by atoms with Crippen molar-refractivity contribution in [1.29, 1.82) is 0 Å². The van der Waals surface area contributed by atoms with Crippen molar-refractivity contribution in [3.63, 3.8) is 0 Å². The minimum atomic E-state index is -0.434. The summed E-state index contributed by atoms with van der Waals surface area (Å²) in [5.74, 6) is 0. The number of ether oxygens (including phenoxy) is 1. The van der Waals surface area contributed by atoms with Gasteiger partial charge in [-0.25, -0.2) is 4.79 Å². The minimum Gasteiger partial charge on any atom is -0.444 e. The summed E-state index contributed by atoms with van der Waals surface area (Å²) in [5.41, 5.74) is 7.28.